The number of nitrogens with two attached hydrogens (primary N) is 1. The normalized spacial score (nSPS) is 14.7. The molecule has 2 N–H and O–H groups in total. The molecule has 0 aliphatic rings. The van der Waals surface area contributed by atoms with Gasteiger partial charge in [0.2, 0.25) is 0 Å². The van der Waals surface area contributed by atoms with Crippen molar-refractivity contribution in [2.75, 3.05) is 0 Å². The molecule has 0 saturated carbocycles. The average Bonchev–Trinajstić information content (AvgIpc) is 2.34. The molecule has 90 valence electrons. The molecule has 1 heterocycles. The first-order chi connectivity index (χ1) is 7.75. The first-order valence-electron chi connectivity index (χ1n) is 6.42. The van der Waals surface area contributed by atoms with Crippen LogP contribution in [0.25, 0.3) is 0 Å². The van der Waals surface area contributed by atoms with E-state index in [1.165, 1.54) is 25.7 Å². The monoisotopic (exact) mass is 220 g/mol. The average molecular weight is 220 g/mol. The van der Waals surface area contributed by atoms with Crippen molar-refractivity contribution < 1.29 is 0 Å². The number of nitrogens with zero attached hydrogens (tertiary/aromatic N) is 1. The van der Waals surface area contributed by atoms with E-state index >= 15 is 0 Å². The molecule has 1 aromatic rings. The van der Waals surface area contributed by atoms with Crippen LogP contribution in [0.4, 0.5) is 0 Å². The van der Waals surface area contributed by atoms with Gasteiger partial charge in [0.05, 0.1) is 0 Å². The maximum Gasteiger partial charge on any atom is 0.0447 e. The number of pyridine rings is 1. The maximum absolute atomic E-state index is 6.19. The van der Waals surface area contributed by atoms with E-state index in [1.807, 2.05) is 18.3 Å². The first kappa shape index (κ1) is 13.2. The summed E-state index contributed by atoms with van der Waals surface area (Å²) in [5.74, 6) is 0.364. The molecule has 0 saturated heterocycles. The molecule has 0 aliphatic carbocycles. The van der Waals surface area contributed by atoms with Gasteiger partial charge in [-0.1, -0.05) is 45.6 Å². The second-order valence-corrected chi connectivity index (χ2v) is 4.56. The molecule has 2 atom stereocenters. The van der Waals surface area contributed by atoms with Crippen LogP contribution in [0.1, 0.15) is 57.6 Å². The molecule has 0 fully saturated rings. The third-order valence-corrected chi connectivity index (χ3v) is 3.19. The molecule has 0 radical (unpaired) electrons. The van der Waals surface area contributed by atoms with E-state index in [2.05, 4.69) is 24.9 Å². The predicted octanol–water partition coefficient (Wildman–Crippen LogP) is 3.48. The largest absolute Gasteiger partial charge is 0.327 e. The highest BCUT2D eigenvalue weighted by Crippen LogP contribution is 2.19. The Hall–Kier alpha value is -0.890. The van der Waals surface area contributed by atoms with E-state index < -0.39 is 0 Å². The van der Waals surface area contributed by atoms with Crippen molar-refractivity contribution in [2.24, 2.45) is 5.73 Å². The zero-order valence-corrected chi connectivity index (χ0v) is 10.5. The molecule has 0 aromatic carbocycles. The van der Waals surface area contributed by atoms with Crippen LogP contribution in [0.3, 0.4) is 0 Å². The zero-order valence-electron chi connectivity index (χ0n) is 10.5. The predicted molar refractivity (Wildman–Crippen MR) is 69.4 cm³/mol. The molecule has 16 heavy (non-hydrogen) atoms. The van der Waals surface area contributed by atoms with E-state index in [1.54, 1.807) is 0 Å². The number of aromatic nitrogens is 1. The van der Waals surface area contributed by atoms with Crippen LogP contribution in [-0.2, 0) is 0 Å². The summed E-state index contributed by atoms with van der Waals surface area (Å²) in [4.78, 5) is 4.36. The van der Waals surface area contributed by atoms with Gasteiger partial charge >= 0.3 is 0 Å². The maximum atomic E-state index is 6.19. The summed E-state index contributed by atoms with van der Waals surface area (Å²) in [6, 6.07) is 6.29. The van der Waals surface area contributed by atoms with Gasteiger partial charge in [-0.3, -0.25) is 4.98 Å². The Balaban J connectivity index is 2.33. The van der Waals surface area contributed by atoms with Gasteiger partial charge in [0, 0.05) is 23.9 Å². The molecule has 0 amide bonds. The van der Waals surface area contributed by atoms with Gasteiger partial charge in [0.1, 0.15) is 0 Å². The minimum Gasteiger partial charge on any atom is -0.327 e. The highest BCUT2D eigenvalue weighted by atomic mass is 14.7. The lowest BCUT2D eigenvalue weighted by atomic mass is 9.94. The molecule has 2 nitrogen and oxygen atoms in total. The molecule has 0 bridgehead atoms. The molecule has 1 rings (SSSR count). The van der Waals surface area contributed by atoms with Gasteiger partial charge in [-0.25, -0.2) is 0 Å². The van der Waals surface area contributed by atoms with Crippen LogP contribution < -0.4 is 5.73 Å². The molecule has 2 unspecified atom stereocenters. The number of hydrogen-bond donors (Lipinski definition) is 1. The van der Waals surface area contributed by atoms with E-state index in [0.29, 0.717) is 5.92 Å². The fourth-order valence-corrected chi connectivity index (χ4v) is 1.92. The summed E-state index contributed by atoms with van der Waals surface area (Å²) in [5, 5.41) is 0. The highest BCUT2D eigenvalue weighted by Gasteiger charge is 2.14. The topological polar surface area (TPSA) is 38.9 Å². The van der Waals surface area contributed by atoms with Crippen molar-refractivity contribution in [3.05, 3.63) is 30.1 Å². The van der Waals surface area contributed by atoms with Crippen molar-refractivity contribution in [2.45, 2.75) is 57.9 Å². The van der Waals surface area contributed by atoms with Crippen molar-refractivity contribution in [3.8, 4) is 0 Å². The molecular formula is C14H24N2. The SMILES string of the molecule is CCCCCCC(N)C(C)c1ccccn1. The molecular weight excluding hydrogens is 196 g/mol. The fourth-order valence-electron chi connectivity index (χ4n) is 1.92. The Kier molecular flexibility index (Phi) is 6.09. The smallest absolute Gasteiger partial charge is 0.0447 e. The number of hydrogen-bond acceptors (Lipinski definition) is 2. The Morgan fingerprint density at radius 1 is 1.25 bits per heavy atom. The second-order valence-electron chi connectivity index (χ2n) is 4.56. The minimum atomic E-state index is 0.242. The summed E-state index contributed by atoms with van der Waals surface area (Å²) in [7, 11) is 0. The molecule has 0 aliphatic heterocycles. The van der Waals surface area contributed by atoms with Crippen molar-refractivity contribution >= 4 is 0 Å². The quantitative estimate of drug-likeness (QED) is 0.714. The van der Waals surface area contributed by atoms with Gasteiger partial charge in [-0.2, -0.15) is 0 Å². The van der Waals surface area contributed by atoms with Crippen LogP contribution in [0.5, 0.6) is 0 Å². The van der Waals surface area contributed by atoms with Gasteiger partial charge in [-0.15, -0.1) is 0 Å². The van der Waals surface area contributed by atoms with E-state index in [9.17, 15) is 0 Å². The summed E-state index contributed by atoms with van der Waals surface area (Å²) in [6.45, 7) is 4.41. The molecule has 1 aromatic heterocycles. The van der Waals surface area contributed by atoms with Crippen molar-refractivity contribution in [1.82, 2.24) is 4.98 Å². The molecule has 0 spiro atoms. The van der Waals surface area contributed by atoms with E-state index in [0.717, 1.165) is 12.1 Å². The Labute approximate surface area is 99.3 Å². The standard InChI is InChI=1S/C14H24N2/c1-3-4-5-6-9-13(15)12(2)14-10-7-8-11-16-14/h7-8,10-13H,3-6,9,15H2,1-2H3. The van der Waals surface area contributed by atoms with Crippen LogP contribution in [-0.4, -0.2) is 11.0 Å². The van der Waals surface area contributed by atoms with E-state index in [-0.39, 0.29) is 6.04 Å². The lowest BCUT2D eigenvalue weighted by Crippen LogP contribution is -2.27. The van der Waals surface area contributed by atoms with Crippen LogP contribution in [0.2, 0.25) is 0 Å². The summed E-state index contributed by atoms with van der Waals surface area (Å²) < 4.78 is 0. The van der Waals surface area contributed by atoms with Crippen LogP contribution in [0.15, 0.2) is 24.4 Å². The zero-order chi connectivity index (χ0) is 11.8. The fraction of sp³-hybridized carbons (Fsp3) is 0.643. The summed E-state index contributed by atoms with van der Waals surface area (Å²) in [5.41, 5.74) is 7.31. The van der Waals surface area contributed by atoms with Crippen LogP contribution in [0, 0.1) is 0 Å². The second kappa shape index (κ2) is 7.39. The lowest BCUT2D eigenvalue weighted by Gasteiger charge is -2.19. The summed E-state index contributed by atoms with van der Waals surface area (Å²) >= 11 is 0. The van der Waals surface area contributed by atoms with E-state index in [4.69, 9.17) is 5.73 Å². The Morgan fingerprint density at radius 2 is 2.06 bits per heavy atom. The van der Waals surface area contributed by atoms with Gasteiger partial charge in [0.25, 0.3) is 0 Å². The van der Waals surface area contributed by atoms with Gasteiger partial charge < -0.3 is 5.73 Å². The summed E-state index contributed by atoms with van der Waals surface area (Å²) in [6.07, 6.45) is 8.11. The van der Waals surface area contributed by atoms with Crippen molar-refractivity contribution in [1.29, 1.82) is 0 Å². The van der Waals surface area contributed by atoms with Gasteiger partial charge in [0.15, 0.2) is 0 Å². The third kappa shape index (κ3) is 4.31. The number of rotatable bonds is 7. The lowest BCUT2D eigenvalue weighted by molar-refractivity contribution is 0.486. The minimum absolute atomic E-state index is 0.242. The van der Waals surface area contributed by atoms with Gasteiger partial charge in [-0.05, 0) is 18.6 Å². The number of unbranched alkanes of at least 4 members (excludes halogenated alkanes) is 3. The third-order valence-electron chi connectivity index (χ3n) is 3.19. The first-order valence-corrected chi connectivity index (χ1v) is 6.42. The Morgan fingerprint density at radius 3 is 2.69 bits per heavy atom. The van der Waals surface area contributed by atoms with Crippen LogP contribution >= 0.6 is 0 Å². The highest BCUT2D eigenvalue weighted by molar-refractivity contribution is 5.10. The molecule has 2 heteroatoms. The van der Waals surface area contributed by atoms with Crippen molar-refractivity contribution in [3.63, 3.8) is 0 Å². The Bertz CT molecular complexity index is 271.